The van der Waals surface area contributed by atoms with Crippen molar-refractivity contribution in [1.82, 2.24) is 19.5 Å². The Kier molecular flexibility index (Phi) is 4.33. The molecule has 2 aromatic heterocycles. The van der Waals surface area contributed by atoms with Gasteiger partial charge in [-0.05, 0) is 0 Å². The van der Waals surface area contributed by atoms with Gasteiger partial charge in [-0.2, -0.15) is 4.98 Å². The molecule has 0 amide bonds. The van der Waals surface area contributed by atoms with Gasteiger partial charge in [0.05, 0.1) is 6.33 Å². The Bertz CT molecular complexity index is 861. The van der Waals surface area contributed by atoms with Gasteiger partial charge in [0.1, 0.15) is 18.3 Å². The van der Waals surface area contributed by atoms with Crippen molar-refractivity contribution in [3.63, 3.8) is 0 Å². The topological polar surface area (TPSA) is 176 Å². The number of nitrogens with zero attached hydrogens (tertiary/aromatic N) is 3. The van der Waals surface area contributed by atoms with Gasteiger partial charge in [-0.3, -0.25) is 19.1 Å². The largest absolute Gasteiger partial charge is 0.387 e. The summed E-state index contributed by atoms with van der Waals surface area (Å²) >= 11 is 0. The van der Waals surface area contributed by atoms with E-state index in [1.54, 1.807) is 13.8 Å². The van der Waals surface area contributed by atoms with Gasteiger partial charge in [0.25, 0.3) is 5.56 Å². The van der Waals surface area contributed by atoms with Gasteiger partial charge in [0, 0.05) is 5.92 Å². The van der Waals surface area contributed by atoms with Crippen molar-refractivity contribution in [2.45, 2.75) is 44.5 Å². The summed E-state index contributed by atoms with van der Waals surface area (Å²) in [6, 6.07) is 0. The summed E-state index contributed by atoms with van der Waals surface area (Å²) < 4.78 is 6.64. The smallest absolute Gasteiger partial charge is 0.280 e. The molecule has 0 saturated carbocycles. The van der Waals surface area contributed by atoms with Crippen LogP contribution in [-0.4, -0.2) is 59.9 Å². The second-order valence-corrected chi connectivity index (χ2v) is 6.23. The molecule has 1 unspecified atom stereocenters. The number of carbonyl (C=O) groups is 1. The van der Waals surface area contributed by atoms with E-state index in [9.17, 15) is 24.9 Å². The van der Waals surface area contributed by atoms with E-state index in [0.29, 0.717) is 0 Å². The Morgan fingerprint density at radius 1 is 1.40 bits per heavy atom. The predicted molar refractivity (Wildman–Crippen MR) is 82.8 cm³/mol. The van der Waals surface area contributed by atoms with E-state index in [1.807, 2.05) is 0 Å². The second kappa shape index (κ2) is 6.19. The Morgan fingerprint density at radius 3 is 2.72 bits per heavy atom. The van der Waals surface area contributed by atoms with Crippen LogP contribution in [0.4, 0.5) is 5.95 Å². The number of Topliss-reactive ketones (excluding diaryl/α,β-unsaturated/α-hetero) is 1. The lowest BCUT2D eigenvalue weighted by molar-refractivity contribution is -0.151. The fourth-order valence-electron chi connectivity index (χ4n) is 2.79. The standard InChI is InChI=1S/C14H18N5O6/c1-4(2)6(20)7(21)10-8(22)9(23)13(25-10)19-3-16-5-11(19)17-14(15)18-12(5)24/h3-4,7-10,13,22-23H,1-2H3,(H3,15,17,18,24)/t7?,8-,9+,10+,13+/m0/s1. The lowest BCUT2D eigenvalue weighted by Gasteiger charge is -2.19. The van der Waals surface area contributed by atoms with Crippen molar-refractivity contribution < 1.29 is 24.9 Å². The molecule has 0 aliphatic carbocycles. The molecule has 2 aromatic rings. The number of aliphatic hydroxyl groups is 2. The maximum absolute atomic E-state index is 12.3. The minimum absolute atomic E-state index is 0.0239. The van der Waals surface area contributed by atoms with Crippen molar-refractivity contribution in [2.75, 3.05) is 5.73 Å². The second-order valence-electron chi connectivity index (χ2n) is 6.23. The molecule has 1 radical (unpaired) electrons. The van der Waals surface area contributed by atoms with Crippen molar-refractivity contribution in [1.29, 1.82) is 0 Å². The number of nitrogens with one attached hydrogen (secondary N) is 1. The van der Waals surface area contributed by atoms with Crippen LogP contribution in [0.3, 0.4) is 0 Å². The monoisotopic (exact) mass is 352 g/mol. The zero-order valence-corrected chi connectivity index (χ0v) is 13.5. The maximum atomic E-state index is 12.3. The fraction of sp³-hybridized carbons (Fsp3) is 0.571. The highest BCUT2D eigenvalue weighted by molar-refractivity contribution is 5.85. The van der Waals surface area contributed by atoms with E-state index in [2.05, 4.69) is 15.0 Å². The number of nitrogens with two attached hydrogens (primary N) is 1. The molecule has 25 heavy (non-hydrogen) atoms. The molecule has 5 N–H and O–H groups in total. The first-order valence-electron chi connectivity index (χ1n) is 7.65. The fourth-order valence-corrected chi connectivity index (χ4v) is 2.79. The minimum atomic E-state index is -1.86. The molecule has 1 aliphatic heterocycles. The summed E-state index contributed by atoms with van der Waals surface area (Å²) in [5.74, 6) is -1.34. The first kappa shape index (κ1) is 17.5. The van der Waals surface area contributed by atoms with Crippen molar-refractivity contribution in [2.24, 2.45) is 5.92 Å². The third-order valence-corrected chi connectivity index (χ3v) is 4.15. The molecule has 3 heterocycles. The van der Waals surface area contributed by atoms with Gasteiger partial charge in [0.2, 0.25) is 5.95 Å². The van der Waals surface area contributed by atoms with Crippen LogP contribution < -0.4 is 11.3 Å². The van der Waals surface area contributed by atoms with Crippen molar-refractivity contribution in [3.05, 3.63) is 16.7 Å². The van der Waals surface area contributed by atoms with Crippen LogP contribution in [-0.2, 0) is 14.6 Å². The quantitative estimate of drug-likeness (QED) is 0.505. The number of H-pyrrole nitrogens is 1. The average molecular weight is 352 g/mol. The molecule has 5 atom stereocenters. The molecule has 11 heteroatoms. The zero-order chi connectivity index (χ0) is 18.5. The normalized spacial score (nSPS) is 27.9. The third kappa shape index (κ3) is 2.80. The summed E-state index contributed by atoms with van der Waals surface area (Å²) in [7, 11) is 0. The van der Waals surface area contributed by atoms with Crippen LogP contribution in [0, 0.1) is 5.92 Å². The molecule has 1 aliphatic rings. The Labute approximate surface area is 141 Å². The van der Waals surface area contributed by atoms with Gasteiger partial charge >= 0.3 is 0 Å². The predicted octanol–water partition coefficient (Wildman–Crippen LogP) is -1.65. The van der Waals surface area contributed by atoms with Crippen LogP contribution >= 0.6 is 0 Å². The third-order valence-electron chi connectivity index (χ3n) is 4.15. The van der Waals surface area contributed by atoms with E-state index in [-0.39, 0.29) is 17.1 Å². The first-order chi connectivity index (χ1) is 11.7. The summed E-state index contributed by atoms with van der Waals surface area (Å²) in [4.78, 5) is 33.8. The highest BCUT2D eigenvalue weighted by atomic mass is 16.6. The molecule has 135 valence electrons. The average Bonchev–Trinajstić information content (AvgIpc) is 3.08. The van der Waals surface area contributed by atoms with Crippen molar-refractivity contribution in [3.8, 4) is 0 Å². The molecule has 0 aromatic carbocycles. The number of rotatable bonds is 4. The van der Waals surface area contributed by atoms with Crippen LogP contribution in [0.25, 0.3) is 11.2 Å². The molecule has 3 rings (SSSR count). The Balaban J connectivity index is 1.97. The van der Waals surface area contributed by atoms with Gasteiger partial charge < -0.3 is 20.7 Å². The van der Waals surface area contributed by atoms with Crippen LogP contribution in [0.2, 0.25) is 0 Å². The summed E-state index contributed by atoms with van der Waals surface area (Å²) in [5, 5.41) is 32.6. The molecule has 1 fully saturated rings. The van der Waals surface area contributed by atoms with Gasteiger partial charge in [-0.15, -0.1) is 0 Å². The van der Waals surface area contributed by atoms with Gasteiger partial charge in [-0.1, -0.05) is 13.8 Å². The number of nitrogen functional groups attached to an aromatic ring is 1. The maximum Gasteiger partial charge on any atom is 0.280 e. The number of ketones is 1. The number of aromatic nitrogens is 4. The summed E-state index contributed by atoms with van der Waals surface area (Å²) in [6.45, 7) is 3.12. The lowest BCUT2D eigenvalue weighted by atomic mass is 9.96. The van der Waals surface area contributed by atoms with E-state index >= 15 is 0 Å². The minimum Gasteiger partial charge on any atom is -0.387 e. The highest BCUT2D eigenvalue weighted by Gasteiger charge is 2.50. The van der Waals surface area contributed by atoms with Gasteiger partial charge in [0.15, 0.2) is 29.3 Å². The van der Waals surface area contributed by atoms with Gasteiger partial charge in [-0.25, -0.2) is 10.1 Å². The molecular weight excluding hydrogens is 334 g/mol. The van der Waals surface area contributed by atoms with E-state index in [4.69, 9.17) is 10.5 Å². The number of imidazole rings is 1. The van der Waals surface area contributed by atoms with Crippen LogP contribution in [0.15, 0.2) is 11.1 Å². The summed E-state index contributed by atoms with van der Waals surface area (Å²) in [6.07, 6.45) is -6.44. The number of hydrogen-bond donors (Lipinski definition) is 4. The highest BCUT2D eigenvalue weighted by Crippen LogP contribution is 2.33. The number of fused-ring (bicyclic) bond motifs is 1. The van der Waals surface area contributed by atoms with E-state index < -0.39 is 47.9 Å². The first-order valence-corrected chi connectivity index (χ1v) is 7.65. The number of anilines is 1. The molecule has 11 nitrogen and oxygen atoms in total. The Morgan fingerprint density at radius 2 is 2.08 bits per heavy atom. The lowest BCUT2D eigenvalue weighted by Crippen LogP contribution is -2.43. The number of aliphatic hydroxyl groups excluding tert-OH is 2. The number of carbonyl (C=O) groups excluding carboxylic acids is 1. The summed E-state index contributed by atoms with van der Waals surface area (Å²) in [5.41, 5.74) is 4.91. The molecule has 1 saturated heterocycles. The number of aromatic amines is 1. The molecule has 0 bridgehead atoms. The molecule has 0 spiro atoms. The molecular formula is C14H18N5O6. The van der Waals surface area contributed by atoms with Crippen LogP contribution in [0.5, 0.6) is 0 Å². The van der Waals surface area contributed by atoms with E-state index in [1.165, 1.54) is 10.9 Å². The van der Waals surface area contributed by atoms with Crippen LogP contribution in [0.1, 0.15) is 20.1 Å². The van der Waals surface area contributed by atoms with E-state index in [0.717, 1.165) is 0 Å². The zero-order valence-electron chi connectivity index (χ0n) is 13.5. The SMILES string of the molecule is CC(C)C(=O)C([O])[C@H]1O[C@@H](n2cnc3c(=O)[nH]c(N)nc32)[C@H](O)[C@@H]1O. The number of ether oxygens (including phenoxy) is 1. The van der Waals surface area contributed by atoms with Crippen molar-refractivity contribution >= 4 is 22.9 Å². The Hall–Kier alpha value is -2.34. The number of hydrogen-bond acceptors (Lipinski definition) is 8.